The molecule has 1 aromatic rings. The maximum absolute atomic E-state index is 5.79. The summed E-state index contributed by atoms with van der Waals surface area (Å²) in [4.78, 5) is 0. The second-order valence-corrected chi connectivity index (χ2v) is 5.57. The van der Waals surface area contributed by atoms with Crippen molar-refractivity contribution in [3.05, 3.63) is 22.4 Å². The molecule has 1 fully saturated rings. The number of thiophene rings is 1. The molecule has 2 rings (SSSR count). The topological polar surface area (TPSA) is 21.3 Å². The van der Waals surface area contributed by atoms with Gasteiger partial charge in [0, 0.05) is 12.6 Å². The highest BCUT2D eigenvalue weighted by Crippen LogP contribution is 2.18. The van der Waals surface area contributed by atoms with Gasteiger partial charge in [-0.2, -0.15) is 11.3 Å². The molecule has 0 radical (unpaired) electrons. The van der Waals surface area contributed by atoms with Crippen LogP contribution in [0.2, 0.25) is 0 Å². The summed E-state index contributed by atoms with van der Waals surface area (Å²) in [5.41, 5.74) is 1.44. The summed E-state index contributed by atoms with van der Waals surface area (Å²) >= 11 is 1.77. The van der Waals surface area contributed by atoms with Crippen LogP contribution in [0.1, 0.15) is 32.3 Å². The molecule has 1 N–H and O–H groups in total. The maximum Gasteiger partial charge on any atom is 0.0704 e. The van der Waals surface area contributed by atoms with Crippen molar-refractivity contribution in [2.45, 2.75) is 51.4 Å². The Morgan fingerprint density at radius 3 is 3.06 bits per heavy atom. The molecule has 0 aliphatic carbocycles. The number of hydrogen-bond acceptors (Lipinski definition) is 3. The first kappa shape index (κ1) is 12.1. The first-order valence-corrected chi connectivity index (χ1v) is 7.08. The fourth-order valence-electron chi connectivity index (χ4n) is 2.20. The van der Waals surface area contributed by atoms with Crippen molar-refractivity contribution in [1.82, 2.24) is 5.32 Å². The van der Waals surface area contributed by atoms with E-state index in [4.69, 9.17) is 4.74 Å². The Hall–Kier alpha value is -0.380. The van der Waals surface area contributed by atoms with Gasteiger partial charge >= 0.3 is 0 Å². The van der Waals surface area contributed by atoms with Crippen molar-refractivity contribution in [2.24, 2.45) is 0 Å². The fourth-order valence-corrected chi connectivity index (χ4v) is 2.88. The molecule has 1 aliphatic rings. The first-order chi connectivity index (χ1) is 7.74. The molecule has 3 heteroatoms. The minimum absolute atomic E-state index is 0.430. The summed E-state index contributed by atoms with van der Waals surface area (Å²) in [5, 5.41) is 7.93. The number of nitrogens with one attached hydrogen (secondary N) is 1. The molecule has 2 heterocycles. The van der Waals surface area contributed by atoms with Crippen LogP contribution in [0.25, 0.3) is 0 Å². The first-order valence-electron chi connectivity index (χ1n) is 6.14. The lowest BCUT2D eigenvalue weighted by molar-refractivity contribution is 0.0546. The van der Waals surface area contributed by atoms with Crippen LogP contribution in [-0.4, -0.2) is 24.8 Å². The Kier molecular flexibility index (Phi) is 4.38. The van der Waals surface area contributed by atoms with Gasteiger partial charge in [-0.1, -0.05) is 0 Å². The van der Waals surface area contributed by atoms with Gasteiger partial charge in [0.05, 0.1) is 12.2 Å². The van der Waals surface area contributed by atoms with Gasteiger partial charge in [0.15, 0.2) is 0 Å². The Labute approximate surface area is 102 Å². The van der Waals surface area contributed by atoms with Gasteiger partial charge < -0.3 is 10.1 Å². The van der Waals surface area contributed by atoms with E-state index in [0.29, 0.717) is 18.2 Å². The fraction of sp³-hybridized carbons (Fsp3) is 0.692. The molecule has 0 spiro atoms. The molecule has 0 amide bonds. The van der Waals surface area contributed by atoms with Crippen molar-refractivity contribution in [1.29, 1.82) is 0 Å². The standard InChI is InChI=1S/C13H21NOS/c1-10(7-12-5-6-16-9-12)14-8-13-4-3-11(2)15-13/h5-6,9-11,13-14H,3-4,7-8H2,1-2H3. The van der Waals surface area contributed by atoms with E-state index in [-0.39, 0.29) is 0 Å². The van der Waals surface area contributed by atoms with E-state index < -0.39 is 0 Å². The number of hydrogen-bond donors (Lipinski definition) is 1. The molecule has 0 saturated carbocycles. The SMILES string of the molecule is CC(Cc1ccsc1)NCC1CCC(C)O1. The van der Waals surface area contributed by atoms with Crippen LogP contribution in [0.15, 0.2) is 16.8 Å². The van der Waals surface area contributed by atoms with Gasteiger partial charge in [-0.3, -0.25) is 0 Å². The largest absolute Gasteiger partial charge is 0.374 e. The van der Waals surface area contributed by atoms with Gasteiger partial charge in [0.25, 0.3) is 0 Å². The highest BCUT2D eigenvalue weighted by Gasteiger charge is 2.21. The van der Waals surface area contributed by atoms with Crippen LogP contribution in [0.5, 0.6) is 0 Å². The molecule has 3 atom stereocenters. The van der Waals surface area contributed by atoms with Gasteiger partial charge in [0.1, 0.15) is 0 Å². The van der Waals surface area contributed by atoms with Crippen molar-refractivity contribution < 1.29 is 4.74 Å². The molecule has 1 aromatic heterocycles. The molecule has 3 unspecified atom stereocenters. The Balaban J connectivity index is 1.66. The van der Waals surface area contributed by atoms with Crippen LogP contribution in [0, 0.1) is 0 Å². The van der Waals surface area contributed by atoms with E-state index in [2.05, 4.69) is 36.0 Å². The highest BCUT2D eigenvalue weighted by atomic mass is 32.1. The average Bonchev–Trinajstić information content (AvgIpc) is 2.87. The van der Waals surface area contributed by atoms with E-state index in [1.165, 1.54) is 18.4 Å². The van der Waals surface area contributed by atoms with E-state index in [0.717, 1.165) is 13.0 Å². The van der Waals surface area contributed by atoms with Crippen LogP contribution in [0.4, 0.5) is 0 Å². The van der Waals surface area contributed by atoms with Gasteiger partial charge in [-0.15, -0.1) is 0 Å². The molecular weight excluding hydrogens is 218 g/mol. The number of rotatable bonds is 5. The normalized spacial score (nSPS) is 27.1. The molecule has 90 valence electrons. The van der Waals surface area contributed by atoms with Gasteiger partial charge in [0.2, 0.25) is 0 Å². The third-order valence-corrected chi connectivity index (χ3v) is 3.87. The third kappa shape index (κ3) is 3.58. The molecule has 0 aromatic carbocycles. The van der Waals surface area contributed by atoms with E-state index >= 15 is 0 Å². The van der Waals surface area contributed by atoms with E-state index in [9.17, 15) is 0 Å². The maximum atomic E-state index is 5.79. The highest BCUT2D eigenvalue weighted by molar-refractivity contribution is 7.07. The van der Waals surface area contributed by atoms with E-state index in [1.807, 2.05) is 0 Å². The minimum Gasteiger partial charge on any atom is -0.374 e. The van der Waals surface area contributed by atoms with Crippen LogP contribution in [-0.2, 0) is 11.2 Å². The average molecular weight is 239 g/mol. The van der Waals surface area contributed by atoms with Crippen molar-refractivity contribution >= 4 is 11.3 Å². The molecule has 16 heavy (non-hydrogen) atoms. The molecule has 1 aliphatic heterocycles. The van der Waals surface area contributed by atoms with Gasteiger partial charge in [-0.05, 0) is 55.5 Å². The summed E-state index contributed by atoms with van der Waals surface area (Å²) in [5.74, 6) is 0. The van der Waals surface area contributed by atoms with Crippen molar-refractivity contribution in [2.75, 3.05) is 6.54 Å². The molecule has 0 bridgehead atoms. The van der Waals surface area contributed by atoms with E-state index in [1.54, 1.807) is 11.3 Å². The smallest absolute Gasteiger partial charge is 0.0704 e. The van der Waals surface area contributed by atoms with Crippen LogP contribution >= 0.6 is 11.3 Å². The summed E-state index contributed by atoms with van der Waals surface area (Å²) in [6, 6.07) is 2.74. The molecule has 2 nitrogen and oxygen atoms in total. The molecule has 1 saturated heterocycles. The minimum atomic E-state index is 0.430. The third-order valence-electron chi connectivity index (χ3n) is 3.14. The zero-order chi connectivity index (χ0) is 11.4. The summed E-state index contributed by atoms with van der Waals surface area (Å²) < 4.78 is 5.79. The number of ether oxygens (including phenoxy) is 1. The zero-order valence-corrected chi connectivity index (χ0v) is 10.9. The molecular formula is C13H21NOS. The Morgan fingerprint density at radius 2 is 2.44 bits per heavy atom. The lowest BCUT2D eigenvalue weighted by atomic mass is 10.1. The summed E-state index contributed by atoms with van der Waals surface area (Å²) in [6.45, 7) is 5.40. The second kappa shape index (κ2) is 5.80. The lowest BCUT2D eigenvalue weighted by Crippen LogP contribution is -2.35. The summed E-state index contributed by atoms with van der Waals surface area (Å²) in [7, 11) is 0. The Morgan fingerprint density at radius 1 is 1.56 bits per heavy atom. The monoisotopic (exact) mass is 239 g/mol. The van der Waals surface area contributed by atoms with Gasteiger partial charge in [-0.25, -0.2) is 0 Å². The Bertz CT molecular complexity index is 299. The predicted octanol–water partition coefficient (Wildman–Crippen LogP) is 2.84. The van der Waals surface area contributed by atoms with Crippen LogP contribution in [0.3, 0.4) is 0 Å². The lowest BCUT2D eigenvalue weighted by Gasteiger charge is -2.17. The quantitative estimate of drug-likeness (QED) is 0.853. The summed E-state index contributed by atoms with van der Waals surface area (Å²) in [6.07, 6.45) is 4.43. The van der Waals surface area contributed by atoms with Crippen LogP contribution < -0.4 is 5.32 Å². The second-order valence-electron chi connectivity index (χ2n) is 4.79. The van der Waals surface area contributed by atoms with Crippen molar-refractivity contribution in [3.63, 3.8) is 0 Å². The van der Waals surface area contributed by atoms with Crippen molar-refractivity contribution in [3.8, 4) is 0 Å². The predicted molar refractivity (Wildman–Crippen MR) is 69.1 cm³/mol. The zero-order valence-electron chi connectivity index (χ0n) is 10.1.